The first-order valence-corrected chi connectivity index (χ1v) is 7.71. The summed E-state index contributed by atoms with van der Waals surface area (Å²) in [4.78, 5) is 0. The lowest BCUT2D eigenvalue weighted by molar-refractivity contribution is 0.0225. The predicted octanol–water partition coefficient (Wildman–Crippen LogP) is 1.62. The second kappa shape index (κ2) is 11.7. The van der Waals surface area contributed by atoms with Crippen LogP contribution in [0.15, 0.2) is 12.4 Å². The molecule has 0 fully saturated rings. The second-order valence-corrected chi connectivity index (χ2v) is 4.77. The zero-order valence-corrected chi connectivity index (χ0v) is 13.5. The molecule has 0 radical (unpaired) electrons. The lowest BCUT2D eigenvalue weighted by atomic mass is 10.1. The Kier molecular flexibility index (Phi) is 10.1. The predicted molar refractivity (Wildman–Crippen MR) is 82.4 cm³/mol. The van der Waals surface area contributed by atoms with Crippen LogP contribution in [0.5, 0.6) is 0 Å². The van der Waals surface area contributed by atoms with Gasteiger partial charge in [0.1, 0.15) is 0 Å². The lowest BCUT2D eigenvalue weighted by Gasteiger charge is -2.13. The summed E-state index contributed by atoms with van der Waals surface area (Å²) >= 11 is 0. The van der Waals surface area contributed by atoms with Crippen LogP contribution in [-0.2, 0) is 20.8 Å². The van der Waals surface area contributed by atoms with Crippen LogP contribution in [0.3, 0.4) is 0 Å². The third-order valence-corrected chi connectivity index (χ3v) is 3.18. The summed E-state index contributed by atoms with van der Waals surface area (Å²) in [7, 11) is 1.66. The Balaban J connectivity index is 2.14. The maximum atomic E-state index is 5.52. The minimum Gasteiger partial charge on any atom is -0.382 e. The maximum Gasteiger partial charge on any atom is 0.0701 e. The Morgan fingerprint density at radius 2 is 1.86 bits per heavy atom. The summed E-state index contributed by atoms with van der Waals surface area (Å²) in [5, 5.41) is 7.83. The Morgan fingerprint density at radius 3 is 2.52 bits per heavy atom. The SMILES string of the molecule is CCNC(CC)c1cnn(CCOCCOCCOC)c1. The van der Waals surface area contributed by atoms with Crippen LogP contribution >= 0.6 is 0 Å². The van der Waals surface area contributed by atoms with Gasteiger partial charge in [0.05, 0.1) is 45.8 Å². The van der Waals surface area contributed by atoms with Gasteiger partial charge in [-0.05, 0) is 13.0 Å². The number of hydrogen-bond acceptors (Lipinski definition) is 5. The molecule has 0 spiro atoms. The van der Waals surface area contributed by atoms with Gasteiger partial charge >= 0.3 is 0 Å². The van der Waals surface area contributed by atoms with Crippen LogP contribution in [0.25, 0.3) is 0 Å². The second-order valence-electron chi connectivity index (χ2n) is 4.77. The molecule has 1 atom stereocenters. The van der Waals surface area contributed by atoms with E-state index in [1.807, 2.05) is 10.9 Å². The molecule has 1 unspecified atom stereocenters. The molecule has 0 saturated carbocycles. The molecule has 0 aliphatic rings. The summed E-state index contributed by atoms with van der Waals surface area (Å²) in [5.41, 5.74) is 1.24. The molecular formula is C15H29N3O3. The Bertz CT molecular complexity index is 358. The van der Waals surface area contributed by atoms with E-state index < -0.39 is 0 Å². The van der Waals surface area contributed by atoms with Crippen molar-refractivity contribution in [1.82, 2.24) is 15.1 Å². The molecule has 0 bridgehead atoms. The van der Waals surface area contributed by atoms with Crippen LogP contribution in [0.2, 0.25) is 0 Å². The maximum absolute atomic E-state index is 5.52. The number of rotatable bonds is 13. The molecular weight excluding hydrogens is 270 g/mol. The fourth-order valence-electron chi connectivity index (χ4n) is 2.05. The average Bonchev–Trinajstić information content (AvgIpc) is 2.96. The van der Waals surface area contributed by atoms with E-state index in [4.69, 9.17) is 14.2 Å². The van der Waals surface area contributed by atoms with Gasteiger partial charge in [-0.15, -0.1) is 0 Å². The standard InChI is InChI=1S/C15H29N3O3/c1-4-15(16-5-2)14-12-17-18(13-14)6-7-20-10-11-21-9-8-19-3/h12-13,15-16H,4-11H2,1-3H3. The monoisotopic (exact) mass is 299 g/mol. The van der Waals surface area contributed by atoms with Crippen molar-refractivity contribution in [3.8, 4) is 0 Å². The first-order chi connectivity index (χ1) is 10.3. The molecule has 6 heteroatoms. The minimum atomic E-state index is 0.388. The van der Waals surface area contributed by atoms with Crippen molar-refractivity contribution in [2.24, 2.45) is 0 Å². The van der Waals surface area contributed by atoms with Gasteiger partial charge < -0.3 is 19.5 Å². The smallest absolute Gasteiger partial charge is 0.0701 e. The highest BCUT2D eigenvalue weighted by Gasteiger charge is 2.09. The van der Waals surface area contributed by atoms with E-state index in [0.29, 0.717) is 39.1 Å². The van der Waals surface area contributed by atoms with Crippen molar-refractivity contribution in [3.63, 3.8) is 0 Å². The third kappa shape index (κ3) is 7.57. The lowest BCUT2D eigenvalue weighted by Crippen LogP contribution is -2.19. The van der Waals surface area contributed by atoms with Crippen LogP contribution in [-0.4, -0.2) is 56.5 Å². The summed E-state index contributed by atoms with van der Waals surface area (Å²) in [5.74, 6) is 0. The fraction of sp³-hybridized carbons (Fsp3) is 0.800. The largest absolute Gasteiger partial charge is 0.382 e. The van der Waals surface area contributed by atoms with E-state index in [1.165, 1.54) is 5.56 Å². The summed E-state index contributed by atoms with van der Waals surface area (Å²) < 4.78 is 17.7. The number of methoxy groups -OCH3 is 1. The van der Waals surface area contributed by atoms with Crippen molar-refractivity contribution in [1.29, 1.82) is 0 Å². The Morgan fingerprint density at radius 1 is 1.14 bits per heavy atom. The number of ether oxygens (including phenoxy) is 3. The first-order valence-electron chi connectivity index (χ1n) is 7.71. The zero-order valence-electron chi connectivity index (χ0n) is 13.5. The molecule has 0 saturated heterocycles. The highest BCUT2D eigenvalue weighted by atomic mass is 16.5. The summed E-state index contributed by atoms with van der Waals surface area (Å²) in [6.07, 6.45) is 5.09. The van der Waals surface area contributed by atoms with Gasteiger partial charge in [-0.25, -0.2) is 0 Å². The number of aromatic nitrogens is 2. The molecule has 0 amide bonds. The molecule has 1 rings (SSSR count). The summed E-state index contributed by atoms with van der Waals surface area (Å²) in [6, 6.07) is 0.388. The molecule has 1 aromatic heterocycles. The average molecular weight is 299 g/mol. The number of hydrogen-bond donors (Lipinski definition) is 1. The molecule has 1 heterocycles. The van der Waals surface area contributed by atoms with Crippen molar-refractivity contribution < 1.29 is 14.2 Å². The van der Waals surface area contributed by atoms with E-state index in [0.717, 1.165) is 19.5 Å². The highest BCUT2D eigenvalue weighted by molar-refractivity contribution is 5.10. The van der Waals surface area contributed by atoms with E-state index in [1.54, 1.807) is 7.11 Å². The van der Waals surface area contributed by atoms with Crippen LogP contribution < -0.4 is 5.32 Å². The van der Waals surface area contributed by atoms with Crippen molar-refractivity contribution in [2.45, 2.75) is 32.9 Å². The molecule has 21 heavy (non-hydrogen) atoms. The van der Waals surface area contributed by atoms with Gasteiger partial charge in [0, 0.05) is 24.9 Å². The molecule has 122 valence electrons. The van der Waals surface area contributed by atoms with Gasteiger partial charge in [-0.2, -0.15) is 5.10 Å². The molecule has 0 aliphatic heterocycles. The molecule has 0 aromatic carbocycles. The topological polar surface area (TPSA) is 57.5 Å². The Labute approximate surface area is 127 Å². The minimum absolute atomic E-state index is 0.388. The molecule has 1 aromatic rings. The van der Waals surface area contributed by atoms with Gasteiger partial charge in [0.15, 0.2) is 0 Å². The number of nitrogens with zero attached hydrogens (tertiary/aromatic N) is 2. The van der Waals surface area contributed by atoms with Crippen molar-refractivity contribution >= 4 is 0 Å². The quantitative estimate of drug-likeness (QED) is 0.561. The van der Waals surface area contributed by atoms with Crippen molar-refractivity contribution in [3.05, 3.63) is 18.0 Å². The van der Waals surface area contributed by atoms with Crippen molar-refractivity contribution in [2.75, 3.05) is 46.7 Å². The van der Waals surface area contributed by atoms with Gasteiger partial charge in [-0.1, -0.05) is 13.8 Å². The van der Waals surface area contributed by atoms with E-state index in [9.17, 15) is 0 Å². The first kappa shape index (κ1) is 18.1. The summed E-state index contributed by atoms with van der Waals surface area (Å²) in [6.45, 7) is 9.13. The third-order valence-electron chi connectivity index (χ3n) is 3.18. The zero-order chi connectivity index (χ0) is 15.3. The van der Waals surface area contributed by atoms with Crippen LogP contribution in [0.4, 0.5) is 0 Å². The normalized spacial score (nSPS) is 12.7. The van der Waals surface area contributed by atoms with Crippen LogP contribution in [0, 0.1) is 0 Å². The highest BCUT2D eigenvalue weighted by Crippen LogP contribution is 2.15. The van der Waals surface area contributed by atoms with Gasteiger partial charge in [0.2, 0.25) is 0 Å². The van der Waals surface area contributed by atoms with Gasteiger partial charge in [0.25, 0.3) is 0 Å². The van der Waals surface area contributed by atoms with Gasteiger partial charge in [-0.3, -0.25) is 4.68 Å². The molecule has 6 nitrogen and oxygen atoms in total. The van der Waals surface area contributed by atoms with E-state index >= 15 is 0 Å². The Hall–Kier alpha value is -0.950. The molecule has 0 aliphatic carbocycles. The molecule has 1 N–H and O–H groups in total. The van der Waals surface area contributed by atoms with Crippen LogP contribution in [0.1, 0.15) is 31.9 Å². The van der Waals surface area contributed by atoms with E-state index in [-0.39, 0.29) is 0 Å². The fourth-order valence-corrected chi connectivity index (χ4v) is 2.05. The number of nitrogens with one attached hydrogen (secondary N) is 1. The van der Waals surface area contributed by atoms with E-state index in [2.05, 4.69) is 30.5 Å².